The molecule has 2 unspecified atom stereocenters. The van der Waals surface area contributed by atoms with Crippen LogP contribution < -0.4 is 0 Å². The van der Waals surface area contributed by atoms with Gasteiger partial charge in [0.2, 0.25) is 0 Å². The van der Waals surface area contributed by atoms with Crippen LogP contribution in [0.2, 0.25) is 0 Å². The van der Waals surface area contributed by atoms with Crippen molar-refractivity contribution in [3.05, 3.63) is 28.5 Å². The maximum atomic E-state index is 9.52. The molecule has 0 aliphatic carbocycles. The Labute approximate surface area is 89.5 Å². The second kappa shape index (κ2) is 4.91. The predicted octanol–water partition coefficient (Wildman–Crippen LogP) is 1.48. The topological polar surface area (TPSA) is 53.4 Å². The molecule has 1 heterocycles. The van der Waals surface area contributed by atoms with Gasteiger partial charge in [0.25, 0.3) is 0 Å². The normalized spacial score (nSPS) is 15.4. The molecule has 1 aromatic heterocycles. The Hall–Kier alpha value is -0.160. The molecule has 13 heavy (non-hydrogen) atoms. The standard InChI is InChI=1S/C8H9BrClNO2/c9-6-1-5(3-11-4-6)8(13)7(12)2-10/h1,3-4,7-8,12-13H,2H2. The Morgan fingerprint density at radius 2 is 2.15 bits per heavy atom. The molecular formula is C8H9BrClNO2. The molecule has 1 aromatic rings. The summed E-state index contributed by atoms with van der Waals surface area (Å²) >= 11 is 8.61. The summed E-state index contributed by atoms with van der Waals surface area (Å²) < 4.78 is 0.755. The first-order valence-corrected chi connectivity index (χ1v) is 5.00. The second-order valence-corrected chi connectivity index (χ2v) is 3.83. The summed E-state index contributed by atoms with van der Waals surface area (Å²) in [6.45, 7) is 0. The number of pyridine rings is 1. The third kappa shape index (κ3) is 2.91. The fraction of sp³-hybridized carbons (Fsp3) is 0.375. The van der Waals surface area contributed by atoms with Gasteiger partial charge < -0.3 is 10.2 Å². The van der Waals surface area contributed by atoms with Gasteiger partial charge in [-0.3, -0.25) is 4.98 Å². The Morgan fingerprint density at radius 1 is 1.46 bits per heavy atom. The monoisotopic (exact) mass is 265 g/mol. The largest absolute Gasteiger partial charge is 0.389 e. The first kappa shape index (κ1) is 10.9. The van der Waals surface area contributed by atoms with E-state index < -0.39 is 12.2 Å². The minimum Gasteiger partial charge on any atom is -0.389 e. The van der Waals surface area contributed by atoms with Crippen molar-refractivity contribution >= 4 is 27.5 Å². The minimum atomic E-state index is -0.984. The van der Waals surface area contributed by atoms with E-state index in [4.69, 9.17) is 11.6 Å². The van der Waals surface area contributed by atoms with Gasteiger partial charge in [-0.15, -0.1) is 11.6 Å². The molecule has 2 atom stereocenters. The second-order valence-electron chi connectivity index (χ2n) is 2.60. The van der Waals surface area contributed by atoms with Gasteiger partial charge in [-0.1, -0.05) is 0 Å². The lowest BCUT2D eigenvalue weighted by atomic mass is 10.1. The molecule has 0 aliphatic rings. The van der Waals surface area contributed by atoms with Crippen molar-refractivity contribution in [1.82, 2.24) is 4.98 Å². The molecule has 1 rings (SSSR count). The van der Waals surface area contributed by atoms with Gasteiger partial charge in [0.15, 0.2) is 0 Å². The molecule has 0 radical (unpaired) electrons. The predicted molar refractivity (Wildman–Crippen MR) is 53.6 cm³/mol. The maximum Gasteiger partial charge on any atom is 0.108 e. The van der Waals surface area contributed by atoms with Crippen LogP contribution in [-0.2, 0) is 0 Å². The summed E-state index contributed by atoms with van der Waals surface area (Å²) in [4.78, 5) is 3.86. The van der Waals surface area contributed by atoms with Crippen LogP contribution in [0.25, 0.3) is 0 Å². The van der Waals surface area contributed by atoms with Gasteiger partial charge >= 0.3 is 0 Å². The highest BCUT2D eigenvalue weighted by atomic mass is 79.9. The fourth-order valence-corrected chi connectivity index (χ4v) is 1.45. The Bertz CT molecular complexity index is 285. The zero-order valence-corrected chi connectivity index (χ0v) is 9.03. The van der Waals surface area contributed by atoms with Crippen LogP contribution in [-0.4, -0.2) is 27.2 Å². The lowest BCUT2D eigenvalue weighted by Crippen LogP contribution is -2.19. The van der Waals surface area contributed by atoms with Gasteiger partial charge in [-0.2, -0.15) is 0 Å². The summed E-state index contributed by atoms with van der Waals surface area (Å²) in [5.74, 6) is -0.00627. The quantitative estimate of drug-likeness (QED) is 0.815. The average Bonchev–Trinajstić information content (AvgIpc) is 2.15. The third-order valence-corrected chi connectivity index (χ3v) is 2.34. The Kier molecular flexibility index (Phi) is 4.12. The smallest absolute Gasteiger partial charge is 0.108 e. The summed E-state index contributed by atoms with van der Waals surface area (Å²) in [6, 6.07) is 1.69. The van der Waals surface area contributed by atoms with Gasteiger partial charge in [-0.25, -0.2) is 0 Å². The Balaban J connectivity index is 2.82. The number of aliphatic hydroxyl groups excluding tert-OH is 2. The van der Waals surface area contributed by atoms with E-state index in [1.807, 2.05) is 0 Å². The number of halogens is 2. The van der Waals surface area contributed by atoms with E-state index in [1.165, 1.54) is 6.20 Å². The van der Waals surface area contributed by atoms with Crippen LogP contribution in [0.15, 0.2) is 22.9 Å². The van der Waals surface area contributed by atoms with E-state index >= 15 is 0 Å². The zero-order chi connectivity index (χ0) is 9.84. The molecule has 0 spiro atoms. The van der Waals surface area contributed by atoms with Crippen molar-refractivity contribution < 1.29 is 10.2 Å². The van der Waals surface area contributed by atoms with E-state index in [9.17, 15) is 10.2 Å². The number of hydrogen-bond donors (Lipinski definition) is 2. The highest BCUT2D eigenvalue weighted by molar-refractivity contribution is 9.10. The van der Waals surface area contributed by atoms with E-state index in [0.29, 0.717) is 5.56 Å². The maximum absolute atomic E-state index is 9.52. The molecule has 0 bridgehead atoms. The first-order valence-electron chi connectivity index (χ1n) is 3.67. The van der Waals surface area contributed by atoms with Crippen LogP contribution in [0.4, 0.5) is 0 Å². The van der Waals surface area contributed by atoms with Crippen molar-refractivity contribution in [2.45, 2.75) is 12.2 Å². The van der Waals surface area contributed by atoms with Crippen LogP contribution >= 0.6 is 27.5 Å². The van der Waals surface area contributed by atoms with Crippen LogP contribution in [0.3, 0.4) is 0 Å². The number of aliphatic hydroxyl groups is 2. The molecule has 5 heteroatoms. The molecular weight excluding hydrogens is 257 g/mol. The molecule has 0 aromatic carbocycles. The highest BCUT2D eigenvalue weighted by Crippen LogP contribution is 2.19. The fourth-order valence-electron chi connectivity index (χ4n) is 0.897. The van der Waals surface area contributed by atoms with Crippen LogP contribution in [0, 0.1) is 0 Å². The number of aromatic nitrogens is 1. The van der Waals surface area contributed by atoms with Crippen molar-refractivity contribution in [1.29, 1.82) is 0 Å². The average molecular weight is 267 g/mol. The van der Waals surface area contributed by atoms with E-state index in [-0.39, 0.29) is 5.88 Å². The lowest BCUT2D eigenvalue weighted by molar-refractivity contribution is 0.0325. The van der Waals surface area contributed by atoms with E-state index in [1.54, 1.807) is 12.3 Å². The molecule has 0 fully saturated rings. The summed E-state index contributed by atoms with van der Waals surface area (Å²) in [7, 11) is 0. The molecule has 0 saturated carbocycles. The number of hydrogen-bond acceptors (Lipinski definition) is 3. The minimum absolute atomic E-state index is 0.00627. The van der Waals surface area contributed by atoms with Crippen molar-refractivity contribution in [3.63, 3.8) is 0 Å². The molecule has 3 nitrogen and oxygen atoms in total. The SMILES string of the molecule is OC(CCl)C(O)c1cncc(Br)c1. The number of rotatable bonds is 3. The van der Waals surface area contributed by atoms with Gasteiger partial charge in [0, 0.05) is 22.4 Å². The summed E-state index contributed by atoms with van der Waals surface area (Å²) in [6.07, 6.45) is 1.15. The summed E-state index contributed by atoms with van der Waals surface area (Å²) in [5, 5.41) is 18.8. The van der Waals surface area contributed by atoms with Gasteiger partial charge in [0.05, 0.1) is 12.0 Å². The molecule has 2 N–H and O–H groups in total. The van der Waals surface area contributed by atoms with Crippen molar-refractivity contribution in [3.8, 4) is 0 Å². The molecule has 0 aliphatic heterocycles. The van der Waals surface area contributed by atoms with E-state index in [0.717, 1.165) is 4.47 Å². The van der Waals surface area contributed by atoms with Crippen LogP contribution in [0.5, 0.6) is 0 Å². The first-order chi connectivity index (χ1) is 6.15. The van der Waals surface area contributed by atoms with E-state index in [2.05, 4.69) is 20.9 Å². The van der Waals surface area contributed by atoms with Gasteiger partial charge in [-0.05, 0) is 22.0 Å². The third-order valence-electron chi connectivity index (χ3n) is 1.59. The number of nitrogens with zero attached hydrogens (tertiary/aromatic N) is 1. The summed E-state index contributed by atoms with van der Waals surface area (Å²) in [5.41, 5.74) is 0.544. The molecule has 72 valence electrons. The Morgan fingerprint density at radius 3 is 2.69 bits per heavy atom. The molecule has 0 amide bonds. The lowest BCUT2D eigenvalue weighted by Gasteiger charge is -2.15. The molecule has 0 saturated heterocycles. The van der Waals surface area contributed by atoms with Crippen molar-refractivity contribution in [2.24, 2.45) is 0 Å². The zero-order valence-electron chi connectivity index (χ0n) is 6.69. The number of alkyl halides is 1. The highest BCUT2D eigenvalue weighted by Gasteiger charge is 2.17. The van der Waals surface area contributed by atoms with Crippen LogP contribution in [0.1, 0.15) is 11.7 Å². The van der Waals surface area contributed by atoms with Crippen molar-refractivity contribution in [2.75, 3.05) is 5.88 Å². The van der Waals surface area contributed by atoms with Gasteiger partial charge in [0.1, 0.15) is 6.10 Å².